The minimum Gasteiger partial charge on any atom is -0.337 e. The van der Waals surface area contributed by atoms with Gasteiger partial charge in [0.25, 0.3) is 0 Å². The fourth-order valence-corrected chi connectivity index (χ4v) is 2.59. The molecule has 0 atom stereocenters. The molecule has 0 amide bonds. The number of aryl methyl sites for hydroxylation is 1. The van der Waals surface area contributed by atoms with E-state index < -0.39 is 4.92 Å². The molecule has 124 valence electrons. The minimum atomic E-state index is -0.505. The maximum Gasteiger partial charge on any atom is 0.307 e. The average molecular weight is 336 g/mol. The molecule has 0 radical (unpaired) electrons. The highest BCUT2D eigenvalue weighted by molar-refractivity contribution is 5.92. The first kappa shape index (κ1) is 14.9. The van der Waals surface area contributed by atoms with Crippen molar-refractivity contribution in [3.05, 3.63) is 64.4 Å². The lowest BCUT2D eigenvalue weighted by molar-refractivity contribution is -0.385. The van der Waals surface area contributed by atoms with Gasteiger partial charge < -0.3 is 4.52 Å². The van der Waals surface area contributed by atoms with Crippen LogP contribution < -0.4 is 0 Å². The Morgan fingerprint density at radius 1 is 1.28 bits per heavy atom. The molecule has 0 unspecified atom stereocenters. The number of benzene rings is 1. The van der Waals surface area contributed by atoms with E-state index in [9.17, 15) is 10.1 Å². The van der Waals surface area contributed by atoms with Crippen LogP contribution >= 0.6 is 0 Å². The van der Waals surface area contributed by atoms with Gasteiger partial charge in [-0.25, -0.2) is 0 Å². The van der Waals surface area contributed by atoms with E-state index in [2.05, 4.69) is 20.2 Å². The first-order valence-corrected chi connectivity index (χ1v) is 7.46. The minimum absolute atomic E-state index is 0.0875. The van der Waals surface area contributed by atoms with Crippen molar-refractivity contribution < 1.29 is 9.45 Å². The lowest BCUT2D eigenvalue weighted by atomic mass is 10.1. The second kappa shape index (κ2) is 5.78. The van der Waals surface area contributed by atoms with Crippen LogP contribution in [0.3, 0.4) is 0 Å². The maximum absolute atomic E-state index is 10.7. The van der Waals surface area contributed by atoms with Crippen LogP contribution in [0.15, 0.2) is 47.2 Å². The summed E-state index contributed by atoms with van der Waals surface area (Å²) in [6, 6.07) is 9.62. The molecule has 0 bridgehead atoms. The van der Waals surface area contributed by atoms with E-state index in [0.29, 0.717) is 11.7 Å². The van der Waals surface area contributed by atoms with Gasteiger partial charge in [0.15, 0.2) is 0 Å². The van der Waals surface area contributed by atoms with Gasteiger partial charge in [-0.15, -0.1) is 0 Å². The third-order valence-corrected chi connectivity index (χ3v) is 3.68. The summed E-state index contributed by atoms with van der Waals surface area (Å²) in [5.41, 5.74) is 2.44. The molecule has 9 nitrogen and oxygen atoms in total. The molecule has 3 heterocycles. The second-order valence-electron chi connectivity index (χ2n) is 5.49. The van der Waals surface area contributed by atoms with Crippen molar-refractivity contribution in [2.75, 3.05) is 0 Å². The zero-order valence-electron chi connectivity index (χ0n) is 13.2. The molecule has 0 aliphatic rings. The normalized spacial score (nSPS) is 11.1. The number of rotatable bonds is 4. The molecule has 0 aliphatic carbocycles. The number of fused-ring (bicyclic) bond motifs is 1. The van der Waals surface area contributed by atoms with E-state index in [1.165, 1.54) is 17.1 Å². The lowest BCUT2D eigenvalue weighted by Crippen LogP contribution is -2.00. The van der Waals surface area contributed by atoms with Crippen LogP contribution in [0, 0.1) is 17.0 Å². The Bertz CT molecular complexity index is 1080. The number of aromatic nitrogens is 5. The standard InChI is InChI=1S/C16H12N6O3/c1-10-6-13(12-4-2-3-5-14(12)18-10)16-19-15(25-20-16)9-21-8-11(7-17-21)22(23)24/h2-8H,9H2,1H3. The zero-order valence-corrected chi connectivity index (χ0v) is 13.2. The van der Waals surface area contributed by atoms with Gasteiger partial charge in [-0.05, 0) is 19.1 Å². The van der Waals surface area contributed by atoms with E-state index in [0.717, 1.165) is 22.2 Å². The SMILES string of the molecule is Cc1cc(-c2noc(Cn3cc([N+](=O)[O-])cn3)n2)c2ccccc2n1. The van der Waals surface area contributed by atoms with Crippen LogP contribution in [0.4, 0.5) is 5.69 Å². The van der Waals surface area contributed by atoms with Gasteiger partial charge >= 0.3 is 5.69 Å². The van der Waals surface area contributed by atoms with Crippen LogP contribution in [0.1, 0.15) is 11.6 Å². The van der Waals surface area contributed by atoms with Crippen LogP contribution in [0.25, 0.3) is 22.3 Å². The van der Waals surface area contributed by atoms with Crippen molar-refractivity contribution in [1.82, 2.24) is 24.9 Å². The highest BCUT2D eigenvalue weighted by Gasteiger charge is 2.15. The third-order valence-electron chi connectivity index (χ3n) is 3.68. The molecule has 0 saturated carbocycles. The molecule has 0 fully saturated rings. The quantitative estimate of drug-likeness (QED) is 0.416. The Kier molecular flexibility index (Phi) is 3.46. The summed E-state index contributed by atoms with van der Waals surface area (Å²) in [5.74, 6) is 0.755. The number of nitro groups is 1. The number of hydrogen-bond acceptors (Lipinski definition) is 7. The van der Waals surface area contributed by atoms with E-state index in [-0.39, 0.29) is 12.2 Å². The van der Waals surface area contributed by atoms with Crippen LogP contribution in [-0.4, -0.2) is 29.8 Å². The topological polar surface area (TPSA) is 113 Å². The Labute approximate surface area is 141 Å². The molecular weight excluding hydrogens is 324 g/mol. The number of hydrogen-bond donors (Lipinski definition) is 0. The monoisotopic (exact) mass is 336 g/mol. The van der Waals surface area contributed by atoms with E-state index in [4.69, 9.17) is 4.52 Å². The summed E-state index contributed by atoms with van der Waals surface area (Å²) < 4.78 is 6.65. The molecule has 3 aromatic heterocycles. The van der Waals surface area contributed by atoms with Crippen molar-refractivity contribution in [3.63, 3.8) is 0 Å². The van der Waals surface area contributed by atoms with Crippen LogP contribution in [-0.2, 0) is 6.54 Å². The molecular formula is C16H12N6O3. The molecule has 25 heavy (non-hydrogen) atoms. The smallest absolute Gasteiger partial charge is 0.307 e. The van der Waals surface area contributed by atoms with Gasteiger partial charge in [0, 0.05) is 16.6 Å². The molecule has 0 aliphatic heterocycles. The van der Waals surface area contributed by atoms with Gasteiger partial charge in [-0.2, -0.15) is 10.1 Å². The summed E-state index contributed by atoms with van der Waals surface area (Å²) in [6.45, 7) is 2.06. The predicted octanol–water partition coefficient (Wildman–Crippen LogP) is 2.75. The van der Waals surface area contributed by atoms with Gasteiger partial charge in [-0.3, -0.25) is 19.8 Å². The van der Waals surface area contributed by atoms with Crippen molar-refractivity contribution in [1.29, 1.82) is 0 Å². The van der Waals surface area contributed by atoms with Crippen LogP contribution in [0.5, 0.6) is 0 Å². The van der Waals surface area contributed by atoms with Crippen LogP contribution in [0.2, 0.25) is 0 Å². The van der Waals surface area contributed by atoms with E-state index >= 15 is 0 Å². The van der Waals surface area contributed by atoms with Crippen molar-refractivity contribution in [3.8, 4) is 11.4 Å². The number of nitrogens with zero attached hydrogens (tertiary/aromatic N) is 6. The second-order valence-corrected chi connectivity index (χ2v) is 5.49. The molecule has 4 aromatic rings. The van der Waals surface area contributed by atoms with E-state index in [1.54, 1.807) is 0 Å². The molecule has 4 rings (SSSR count). The van der Waals surface area contributed by atoms with Crippen molar-refractivity contribution in [2.24, 2.45) is 0 Å². The largest absolute Gasteiger partial charge is 0.337 e. The average Bonchev–Trinajstić information content (AvgIpc) is 3.24. The van der Waals surface area contributed by atoms with E-state index in [1.807, 2.05) is 37.3 Å². The van der Waals surface area contributed by atoms with Gasteiger partial charge in [-0.1, -0.05) is 23.4 Å². The lowest BCUT2D eigenvalue weighted by Gasteiger charge is -2.03. The highest BCUT2D eigenvalue weighted by Crippen LogP contribution is 2.26. The highest BCUT2D eigenvalue weighted by atomic mass is 16.6. The maximum atomic E-state index is 10.7. The van der Waals surface area contributed by atoms with Gasteiger partial charge in [0.2, 0.25) is 11.7 Å². The predicted molar refractivity (Wildman–Crippen MR) is 87.8 cm³/mol. The molecule has 0 saturated heterocycles. The summed E-state index contributed by atoms with van der Waals surface area (Å²) in [5, 5.41) is 19.6. The zero-order chi connectivity index (χ0) is 17.4. The Morgan fingerprint density at radius 2 is 2.12 bits per heavy atom. The number of pyridine rings is 1. The first-order valence-electron chi connectivity index (χ1n) is 7.46. The molecule has 9 heteroatoms. The Balaban J connectivity index is 1.68. The molecule has 1 aromatic carbocycles. The first-order chi connectivity index (χ1) is 12.1. The Hall–Kier alpha value is -3.62. The third kappa shape index (κ3) is 2.82. The van der Waals surface area contributed by atoms with Gasteiger partial charge in [0.1, 0.15) is 18.9 Å². The summed E-state index contributed by atoms with van der Waals surface area (Å²) >= 11 is 0. The Morgan fingerprint density at radius 3 is 2.92 bits per heavy atom. The molecule has 0 spiro atoms. The summed E-state index contributed by atoms with van der Waals surface area (Å²) in [4.78, 5) is 19.1. The fraction of sp³-hybridized carbons (Fsp3) is 0.125. The molecule has 0 N–H and O–H groups in total. The van der Waals surface area contributed by atoms with Crippen molar-refractivity contribution >= 4 is 16.6 Å². The van der Waals surface area contributed by atoms with Gasteiger partial charge in [0.05, 0.1) is 10.4 Å². The summed E-state index contributed by atoms with van der Waals surface area (Å²) in [7, 11) is 0. The fourth-order valence-electron chi connectivity index (χ4n) is 2.59. The summed E-state index contributed by atoms with van der Waals surface area (Å²) in [6.07, 6.45) is 2.49. The van der Waals surface area contributed by atoms with Crippen molar-refractivity contribution in [2.45, 2.75) is 13.5 Å². The number of para-hydroxylation sites is 1.